The van der Waals surface area contributed by atoms with Gasteiger partial charge in [0.15, 0.2) is 5.96 Å². The van der Waals surface area contributed by atoms with E-state index < -0.39 is 6.10 Å². The van der Waals surface area contributed by atoms with Gasteiger partial charge in [0.25, 0.3) is 0 Å². The van der Waals surface area contributed by atoms with Crippen molar-refractivity contribution < 1.29 is 9.50 Å². The third-order valence-corrected chi connectivity index (χ3v) is 4.99. The van der Waals surface area contributed by atoms with Crippen LogP contribution >= 0.6 is 24.0 Å². The van der Waals surface area contributed by atoms with E-state index in [9.17, 15) is 9.50 Å². The average Bonchev–Trinajstić information content (AvgIpc) is 3.46. The first-order valence-corrected chi connectivity index (χ1v) is 9.61. The van der Waals surface area contributed by atoms with Gasteiger partial charge in [-0.2, -0.15) is 0 Å². The van der Waals surface area contributed by atoms with E-state index in [1.54, 1.807) is 12.1 Å². The molecule has 0 saturated heterocycles. The Labute approximate surface area is 183 Å². The second-order valence-corrected chi connectivity index (χ2v) is 7.21. The van der Waals surface area contributed by atoms with Crippen LogP contribution in [0.5, 0.6) is 0 Å². The molecular formula is C22H29FIN3O. The Balaban J connectivity index is 0.00000280. The molecule has 0 amide bonds. The number of aliphatic hydroxyl groups excluding tert-OH is 1. The van der Waals surface area contributed by atoms with Crippen LogP contribution in [-0.4, -0.2) is 36.8 Å². The Morgan fingerprint density at radius 3 is 2.54 bits per heavy atom. The van der Waals surface area contributed by atoms with Crippen LogP contribution in [-0.2, 0) is 11.8 Å². The predicted octanol–water partition coefficient (Wildman–Crippen LogP) is 3.63. The summed E-state index contributed by atoms with van der Waals surface area (Å²) in [7, 11) is 0. The summed E-state index contributed by atoms with van der Waals surface area (Å²) in [5.74, 6) is 0.490. The minimum atomic E-state index is -0.491. The van der Waals surface area contributed by atoms with Crippen LogP contribution in [0.15, 0.2) is 59.6 Å². The first kappa shape index (κ1) is 22.6. The standard InChI is InChI=1S/C22H28FN3O.HI/c1-2-24-21(25-15-20(27)13-17-7-4-3-5-8-17)26-16-22(11-12-22)18-9-6-10-19(23)14-18;/h3-10,14,20,27H,2,11-13,15-16H2,1H3,(H2,24,25,26);1H. The van der Waals surface area contributed by atoms with Gasteiger partial charge in [-0.25, -0.2) is 4.39 Å². The molecule has 0 radical (unpaired) electrons. The number of benzene rings is 2. The van der Waals surface area contributed by atoms with Crippen molar-refractivity contribution in [2.24, 2.45) is 4.99 Å². The summed E-state index contributed by atoms with van der Waals surface area (Å²) in [6.07, 6.45) is 2.15. The summed E-state index contributed by atoms with van der Waals surface area (Å²) in [6.45, 7) is 3.79. The van der Waals surface area contributed by atoms with Crippen molar-refractivity contribution >= 4 is 29.9 Å². The fraction of sp³-hybridized carbons (Fsp3) is 0.409. The van der Waals surface area contributed by atoms with E-state index in [1.807, 2.05) is 43.3 Å². The van der Waals surface area contributed by atoms with Crippen molar-refractivity contribution in [3.8, 4) is 0 Å². The van der Waals surface area contributed by atoms with Crippen LogP contribution in [0.2, 0.25) is 0 Å². The highest BCUT2D eigenvalue weighted by Gasteiger charge is 2.44. The molecule has 0 aliphatic heterocycles. The van der Waals surface area contributed by atoms with E-state index in [4.69, 9.17) is 4.99 Å². The molecule has 2 aromatic rings. The van der Waals surface area contributed by atoms with Crippen LogP contribution in [0.25, 0.3) is 0 Å². The topological polar surface area (TPSA) is 56.7 Å². The Bertz CT molecular complexity index is 765. The summed E-state index contributed by atoms with van der Waals surface area (Å²) >= 11 is 0. The van der Waals surface area contributed by atoms with Crippen molar-refractivity contribution in [1.29, 1.82) is 0 Å². The fourth-order valence-electron chi connectivity index (χ4n) is 3.25. The molecule has 0 aromatic heterocycles. The van der Waals surface area contributed by atoms with Gasteiger partial charge in [-0.1, -0.05) is 42.5 Å². The number of aliphatic imine (C=N–C) groups is 1. The number of rotatable bonds is 8. The van der Waals surface area contributed by atoms with E-state index >= 15 is 0 Å². The van der Waals surface area contributed by atoms with Gasteiger partial charge in [-0.15, -0.1) is 24.0 Å². The summed E-state index contributed by atoms with van der Waals surface area (Å²) in [5, 5.41) is 16.7. The van der Waals surface area contributed by atoms with Crippen molar-refractivity contribution in [3.63, 3.8) is 0 Å². The summed E-state index contributed by atoms with van der Waals surface area (Å²) in [4.78, 5) is 4.69. The van der Waals surface area contributed by atoms with E-state index in [0.29, 0.717) is 25.5 Å². The van der Waals surface area contributed by atoms with Gasteiger partial charge in [0.05, 0.1) is 12.6 Å². The first-order chi connectivity index (χ1) is 13.1. The molecule has 0 bridgehead atoms. The SMILES string of the molecule is CCNC(=NCC1(c2cccc(F)c2)CC1)NCC(O)Cc1ccccc1.I. The smallest absolute Gasteiger partial charge is 0.191 e. The molecular weight excluding hydrogens is 468 g/mol. The van der Waals surface area contributed by atoms with Crippen molar-refractivity contribution in [1.82, 2.24) is 10.6 Å². The zero-order chi connectivity index (χ0) is 19.1. The highest BCUT2D eigenvalue weighted by Crippen LogP contribution is 2.48. The molecule has 1 aliphatic carbocycles. The molecule has 6 heteroatoms. The molecule has 1 aliphatic rings. The molecule has 4 nitrogen and oxygen atoms in total. The number of hydrogen-bond donors (Lipinski definition) is 3. The molecule has 3 rings (SSSR count). The minimum Gasteiger partial charge on any atom is -0.391 e. The molecule has 152 valence electrons. The lowest BCUT2D eigenvalue weighted by molar-refractivity contribution is 0.177. The predicted molar refractivity (Wildman–Crippen MR) is 123 cm³/mol. The molecule has 1 saturated carbocycles. The van der Waals surface area contributed by atoms with Gasteiger partial charge in [0.2, 0.25) is 0 Å². The maximum atomic E-state index is 13.5. The van der Waals surface area contributed by atoms with E-state index in [2.05, 4.69) is 10.6 Å². The molecule has 1 unspecified atom stereocenters. The van der Waals surface area contributed by atoms with Crippen molar-refractivity contribution in [2.45, 2.75) is 37.7 Å². The third-order valence-electron chi connectivity index (χ3n) is 4.99. The van der Waals surface area contributed by atoms with Gasteiger partial charge in [0.1, 0.15) is 5.82 Å². The minimum absolute atomic E-state index is 0. The summed E-state index contributed by atoms with van der Waals surface area (Å²) < 4.78 is 13.5. The molecule has 28 heavy (non-hydrogen) atoms. The second-order valence-electron chi connectivity index (χ2n) is 7.21. The van der Waals surface area contributed by atoms with E-state index in [-0.39, 0.29) is 35.2 Å². The zero-order valence-corrected chi connectivity index (χ0v) is 18.5. The van der Waals surface area contributed by atoms with E-state index in [1.165, 1.54) is 6.07 Å². The molecule has 1 fully saturated rings. The second kappa shape index (κ2) is 10.8. The third kappa shape index (κ3) is 6.44. The number of nitrogens with one attached hydrogen (secondary N) is 2. The highest BCUT2D eigenvalue weighted by molar-refractivity contribution is 14.0. The summed E-state index contributed by atoms with van der Waals surface area (Å²) in [5.41, 5.74) is 2.08. The van der Waals surface area contributed by atoms with Crippen LogP contribution in [0.4, 0.5) is 4.39 Å². The van der Waals surface area contributed by atoms with Gasteiger partial charge in [0, 0.05) is 24.9 Å². The highest BCUT2D eigenvalue weighted by atomic mass is 127. The van der Waals surface area contributed by atoms with Crippen LogP contribution in [0.3, 0.4) is 0 Å². The van der Waals surface area contributed by atoms with Crippen LogP contribution < -0.4 is 10.6 Å². The Morgan fingerprint density at radius 1 is 1.14 bits per heavy atom. The number of guanidine groups is 1. The maximum absolute atomic E-state index is 13.5. The van der Waals surface area contributed by atoms with Gasteiger partial charge < -0.3 is 15.7 Å². The van der Waals surface area contributed by atoms with Gasteiger partial charge in [-0.05, 0) is 43.0 Å². The maximum Gasteiger partial charge on any atom is 0.191 e. The molecule has 3 N–H and O–H groups in total. The molecule has 2 aromatic carbocycles. The van der Waals surface area contributed by atoms with Gasteiger partial charge >= 0.3 is 0 Å². The number of nitrogens with zero attached hydrogens (tertiary/aromatic N) is 1. The summed E-state index contributed by atoms with van der Waals surface area (Å²) in [6, 6.07) is 16.8. The van der Waals surface area contributed by atoms with E-state index in [0.717, 1.165) is 30.5 Å². The largest absolute Gasteiger partial charge is 0.391 e. The quantitative estimate of drug-likeness (QED) is 0.297. The first-order valence-electron chi connectivity index (χ1n) is 9.61. The molecule has 0 spiro atoms. The monoisotopic (exact) mass is 497 g/mol. The molecule has 1 atom stereocenters. The van der Waals surface area contributed by atoms with Crippen molar-refractivity contribution in [2.75, 3.05) is 19.6 Å². The van der Waals surface area contributed by atoms with Crippen LogP contribution in [0, 0.1) is 5.82 Å². The van der Waals surface area contributed by atoms with Crippen LogP contribution in [0.1, 0.15) is 30.9 Å². The lowest BCUT2D eigenvalue weighted by atomic mass is 9.96. The lowest BCUT2D eigenvalue weighted by Gasteiger charge is -2.18. The van der Waals surface area contributed by atoms with Gasteiger partial charge in [-0.3, -0.25) is 4.99 Å². The fourth-order valence-corrected chi connectivity index (χ4v) is 3.25. The number of halogens is 2. The van der Waals surface area contributed by atoms with Crippen molar-refractivity contribution in [3.05, 3.63) is 71.5 Å². The Kier molecular flexibility index (Phi) is 8.69. The average molecular weight is 497 g/mol. The zero-order valence-electron chi connectivity index (χ0n) is 16.2. The molecule has 0 heterocycles. The Hall–Kier alpha value is -1.67. The lowest BCUT2D eigenvalue weighted by Crippen LogP contribution is -2.42. The Morgan fingerprint density at radius 2 is 1.89 bits per heavy atom. The normalized spacial score (nSPS) is 16.0. The number of aliphatic hydroxyl groups is 1. The number of hydrogen-bond acceptors (Lipinski definition) is 2.